The Labute approximate surface area is 102 Å². The standard InChI is InChI=1S/C15H17NO/c1-16(2)11-5-7-13-10-9-12-6-3-4-8-14(12)15(13)17/h3-8,11H,9-10H2,1-2H3/b11-5+,13-7-. The van der Waals surface area contributed by atoms with Crippen molar-refractivity contribution in [3.05, 3.63) is 59.3 Å². The van der Waals surface area contributed by atoms with Crippen molar-refractivity contribution in [2.75, 3.05) is 14.1 Å². The molecule has 0 saturated carbocycles. The monoisotopic (exact) mass is 227 g/mol. The van der Waals surface area contributed by atoms with Gasteiger partial charge in [0.15, 0.2) is 5.78 Å². The highest BCUT2D eigenvalue weighted by atomic mass is 16.1. The van der Waals surface area contributed by atoms with Crippen molar-refractivity contribution < 1.29 is 4.79 Å². The molecule has 0 amide bonds. The third kappa shape index (κ3) is 2.64. The first kappa shape index (κ1) is 11.6. The van der Waals surface area contributed by atoms with Crippen LogP contribution in [0.4, 0.5) is 0 Å². The van der Waals surface area contributed by atoms with Gasteiger partial charge in [-0.15, -0.1) is 0 Å². The molecule has 0 saturated heterocycles. The number of aryl methyl sites for hydroxylation is 1. The van der Waals surface area contributed by atoms with Gasteiger partial charge < -0.3 is 4.90 Å². The topological polar surface area (TPSA) is 20.3 Å². The molecule has 0 unspecified atom stereocenters. The number of ketones is 1. The van der Waals surface area contributed by atoms with Crippen LogP contribution in [0.5, 0.6) is 0 Å². The number of hydrogen-bond donors (Lipinski definition) is 0. The van der Waals surface area contributed by atoms with Crippen LogP contribution in [0.25, 0.3) is 0 Å². The minimum Gasteiger partial charge on any atom is -0.383 e. The molecule has 0 spiro atoms. The third-order valence-electron chi connectivity index (χ3n) is 2.90. The summed E-state index contributed by atoms with van der Waals surface area (Å²) in [5.74, 6) is 0.176. The van der Waals surface area contributed by atoms with Gasteiger partial charge in [0.2, 0.25) is 0 Å². The van der Waals surface area contributed by atoms with E-state index in [0.29, 0.717) is 0 Å². The Morgan fingerprint density at radius 2 is 1.94 bits per heavy atom. The summed E-state index contributed by atoms with van der Waals surface area (Å²) in [6, 6.07) is 7.88. The van der Waals surface area contributed by atoms with Gasteiger partial charge in [-0.1, -0.05) is 30.3 Å². The lowest BCUT2D eigenvalue weighted by molar-refractivity contribution is 0.102. The molecule has 17 heavy (non-hydrogen) atoms. The molecule has 1 aliphatic carbocycles. The summed E-state index contributed by atoms with van der Waals surface area (Å²) < 4.78 is 0. The fourth-order valence-electron chi connectivity index (χ4n) is 2.01. The molecule has 0 aliphatic heterocycles. The van der Waals surface area contributed by atoms with E-state index in [4.69, 9.17) is 0 Å². The minimum absolute atomic E-state index is 0.176. The molecule has 0 fully saturated rings. The van der Waals surface area contributed by atoms with E-state index in [2.05, 4.69) is 0 Å². The van der Waals surface area contributed by atoms with E-state index < -0.39 is 0 Å². The molecule has 1 aliphatic rings. The van der Waals surface area contributed by atoms with Crippen LogP contribution in [0, 0.1) is 0 Å². The molecule has 2 heteroatoms. The number of fused-ring (bicyclic) bond motifs is 1. The Bertz CT molecular complexity index is 483. The average Bonchev–Trinajstić information content (AvgIpc) is 2.32. The molecule has 0 N–H and O–H groups in total. The van der Waals surface area contributed by atoms with Crippen molar-refractivity contribution in [2.45, 2.75) is 12.8 Å². The van der Waals surface area contributed by atoms with Gasteiger partial charge in [-0.3, -0.25) is 4.79 Å². The van der Waals surface area contributed by atoms with E-state index >= 15 is 0 Å². The van der Waals surface area contributed by atoms with Gasteiger partial charge >= 0.3 is 0 Å². The van der Waals surface area contributed by atoms with Crippen LogP contribution < -0.4 is 0 Å². The number of nitrogens with zero attached hydrogens (tertiary/aromatic N) is 1. The number of Topliss-reactive ketones (excluding diaryl/α,β-unsaturated/α-hetero) is 1. The third-order valence-corrected chi connectivity index (χ3v) is 2.90. The van der Waals surface area contributed by atoms with Gasteiger partial charge in [0.25, 0.3) is 0 Å². The van der Waals surface area contributed by atoms with Crippen molar-refractivity contribution >= 4 is 5.78 Å². The van der Waals surface area contributed by atoms with Crippen molar-refractivity contribution in [3.63, 3.8) is 0 Å². The molecule has 1 aromatic rings. The van der Waals surface area contributed by atoms with Crippen LogP contribution >= 0.6 is 0 Å². The molecule has 0 radical (unpaired) electrons. The van der Waals surface area contributed by atoms with Gasteiger partial charge in [0.1, 0.15) is 0 Å². The predicted molar refractivity (Wildman–Crippen MR) is 70.0 cm³/mol. The SMILES string of the molecule is CN(C)/C=C/C=C1/CCc2ccccc2C1=O. The quantitative estimate of drug-likeness (QED) is 0.724. The predicted octanol–water partition coefficient (Wildman–Crippen LogP) is 2.82. The van der Waals surface area contributed by atoms with Crippen molar-refractivity contribution in [1.82, 2.24) is 4.90 Å². The smallest absolute Gasteiger partial charge is 0.189 e. The summed E-state index contributed by atoms with van der Waals surface area (Å²) in [6.07, 6.45) is 7.61. The Hall–Kier alpha value is -1.83. The fourth-order valence-corrected chi connectivity index (χ4v) is 2.01. The summed E-state index contributed by atoms with van der Waals surface area (Å²) in [5.41, 5.74) is 2.94. The van der Waals surface area contributed by atoms with E-state index in [9.17, 15) is 4.79 Å². The zero-order valence-electron chi connectivity index (χ0n) is 10.3. The first-order chi connectivity index (χ1) is 8.18. The number of carbonyl (C=O) groups is 1. The van der Waals surface area contributed by atoms with Crippen LogP contribution in [-0.4, -0.2) is 24.8 Å². The lowest BCUT2D eigenvalue weighted by Crippen LogP contribution is -2.13. The van der Waals surface area contributed by atoms with Crippen LogP contribution in [0.2, 0.25) is 0 Å². The van der Waals surface area contributed by atoms with Crippen molar-refractivity contribution in [2.24, 2.45) is 0 Å². The molecule has 88 valence electrons. The molecule has 1 aromatic carbocycles. The van der Waals surface area contributed by atoms with E-state index in [1.54, 1.807) is 0 Å². The lowest BCUT2D eigenvalue weighted by atomic mass is 9.87. The maximum atomic E-state index is 12.2. The van der Waals surface area contributed by atoms with Gasteiger partial charge in [0, 0.05) is 25.2 Å². The highest BCUT2D eigenvalue weighted by molar-refractivity contribution is 6.10. The van der Waals surface area contributed by atoms with Crippen LogP contribution in [0.15, 0.2) is 48.2 Å². The highest BCUT2D eigenvalue weighted by Gasteiger charge is 2.20. The summed E-state index contributed by atoms with van der Waals surface area (Å²) in [5, 5.41) is 0. The zero-order valence-corrected chi connectivity index (χ0v) is 10.3. The molecule has 2 rings (SSSR count). The summed E-state index contributed by atoms with van der Waals surface area (Å²) in [6.45, 7) is 0. The number of benzene rings is 1. The normalized spacial score (nSPS) is 17.5. The fraction of sp³-hybridized carbons (Fsp3) is 0.267. The van der Waals surface area contributed by atoms with Crippen LogP contribution in [0.1, 0.15) is 22.3 Å². The van der Waals surface area contributed by atoms with Crippen molar-refractivity contribution in [1.29, 1.82) is 0 Å². The second kappa shape index (κ2) is 5.00. The Morgan fingerprint density at radius 1 is 1.18 bits per heavy atom. The first-order valence-corrected chi connectivity index (χ1v) is 5.85. The molecule has 0 bridgehead atoms. The van der Waals surface area contributed by atoms with E-state index in [1.165, 1.54) is 5.56 Å². The van der Waals surface area contributed by atoms with E-state index in [0.717, 1.165) is 24.0 Å². The first-order valence-electron chi connectivity index (χ1n) is 5.85. The van der Waals surface area contributed by atoms with E-state index in [-0.39, 0.29) is 5.78 Å². The largest absolute Gasteiger partial charge is 0.383 e. The van der Waals surface area contributed by atoms with Crippen molar-refractivity contribution in [3.8, 4) is 0 Å². The number of carbonyl (C=O) groups excluding carboxylic acids is 1. The van der Waals surface area contributed by atoms with Crippen LogP contribution in [-0.2, 0) is 6.42 Å². The maximum absolute atomic E-state index is 12.2. The van der Waals surface area contributed by atoms with Gasteiger partial charge in [-0.05, 0) is 30.7 Å². The summed E-state index contributed by atoms with van der Waals surface area (Å²) in [4.78, 5) is 14.1. The highest BCUT2D eigenvalue weighted by Crippen LogP contribution is 2.24. The van der Waals surface area contributed by atoms with Gasteiger partial charge in [0.05, 0.1) is 0 Å². The maximum Gasteiger partial charge on any atom is 0.189 e. The molecule has 0 atom stereocenters. The zero-order chi connectivity index (χ0) is 12.3. The Kier molecular flexibility index (Phi) is 3.43. The number of hydrogen-bond acceptors (Lipinski definition) is 2. The second-order valence-corrected chi connectivity index (χ2v) is 4.48. The molecular formula is C15H17NO. The Morgan fingerprint density at radius 3 is 2.71 bits per heavy atom. The van der Waals surface area contributed by atoms with E-state index in [1.807, 2.05) is 61.6 Å². The van der Waals surface area contributed by atoms with Gasteiger partial charge in [-0.2, -0.15) is 0 Å². The Balaban J connectivity index is 2.23. The summed E-state index contributed by atoms with van der Waals surface area (Å²) in [7, 11) is 3.93. The molecule has 0 aromatic heterocycles. The molecule has 0 heterocycles. The number of rotatable bonds is 2. The second-order valence-electron chi connectivity index (χ2n) is 4.48. The van der Waals surface area contributed by atoms with Crippen LogP contribution in [0.3, 0.4) is 0 Å². The average molecular weight is 227 g/mol. The summed E-state index contributed by atoms with van der Waals surface area (Å²) >= 11 is 0. The number of allylic oxidation sites excluding steroid dienone is 3. The molecular weight excluding hydrogens is 210 g/mol. The minimum atomic E-state index is 0.176. The lowest BCUT2D eigenvalue weighted by Gasteiger charge is -2.16. The van der Waals surface area contributed by atoms with Gasteiger partial charge in [-0.25, -0.2) is 0 Å². The molecule has 2 nitrogen and oxygen atoms in total.